The van der Waals surface area contributed by atoms with Crippen molar-refractivity contribution in [2.45, 2.75) is 31.3 Å². The number of hydrogen-bond acceptors (Lipinski definition) is 5. The van der Waals surface area contributed by atoms with Crippen molar-refractivity contribution < 1.29 is 14.3 Å². The Hall–Kier alpha value is -1.96. The molecular weight excluding hydrogens is 354 g/mol. The molecule has 1 saturated heterocycles. The molecule has 7 nitrogen and oxygen atoms in total. The molecular formula is C18H25N3O4S. The monoisotopic (exact) mass is 379 g/mol. The summed E-state index contributed by atoms with van der Waals surface area (Å²) in [6.07, 6.45) is 3.49. The Morgan fingerprint density at radius 3 is 2.88 bits per heavy atom. The summed E-state index contributed by atoms with van der Waals surface area (Å²) in [6.45, 7) is 1.80. The topological polar surface area (TPSA) is 80.6 Å². The minimum absolute atomic E-state index is 0.0259. The average Bonchev–Trinajstić information content (AvgIpc) is 2.65. The summed E-state index contributed by atoms with van der Waals surface area (Å²) in [5.41, 5.74) is 1.02. The van der Waals surface area contributed by atoms with Crippen LogP contribution in [0.4, 0.5) is 4.79 Å². The van der Waals surface area contributed by atoms with Crippen LogP contribution in [0.15, 0.2) is 23.0 Å². The van der Waals surface area contributed by atoms with Gasteiger partial charge in [-0.25, -0.2) is 9.59 Å². The Bertz CT molecular complexity index is 735. The number of rotatable bonds is 5. The zero-order valence-corrected chi connectivity index (χ0v) is 16.0. The number of thioether (sulfide) groups is 1. The quantitative estimate of drug-likeness (QED) is 0.780. The molecule has 0 saturated carbocycles. The van der Waals surface area contributed by atoms with Crippen LogP contribution in [0.1, 0.15) is 24.5 Å². The van der Waals surface area contributed by atoms with Crippen molar-refractivity contribution in [2.75, 3.05) is 32.2 Å². The van der Waals surface area contributed by atoms with Gasteiger partial charge < -0.3 is 19.5 Å². The van der Waals surface area contributed by atoms with E-state index in [1.165, 1.54) is 7.11 Å². The summed E-state index contributed by atoms with van der Waals surface area (Å²) >= 11 is 1.62. The third-order valence-electron chi connectivity index (χ3n) is 5.16. The van der Waals surface area contributed by atoms with Gasteiger partial charge in [-0.15, -0.1) is 0 Å². The highest BCUT2D eigenvalue weighted by Crippen LogP contribution is 2.34. The number of pyridine rings is 1. The van der Waals surface area contributed by atoms with Crippen molar-refractivity contribution in [3.8, 4) is 0 Å². The van der Waals surface area contributed by atoms with E-state index in [0.29, 0.717) is 26.1 Å². The third kappa shape index (κ3) is 3.90. The lowest BCUT2D eigenvalue weighted by atomic mass is 9.83. The molecule has 1 aromatic heterocycles. The van der Waals surface area contributed by atoms with Crippen LogP contribution in [0.25, 0.3) is 0 Å². The molecule has 3 rings (SSSR count). The SMILES string of the molecule is COC(=O)C(CCSC)NC(=O)N1CC2CC(C1)c1cccc(=O)n1C2. The molecule has 3 unspecified atom stereocenters. The first-order valence-corrected chi connectivity index (χ1v) is 10.2. The average molecular weight is 379 g/mol. The Morgan fingerprint density at radius 2 is 2.15 bits per heavy atom. The van der Waals surface area contributed by atoms with Crippen LogP contribution in [0.5, 0.6) is 0 Å². The first-order valence-electron chi connectivity index (χ1n) is 8.85. The standard InChI is InChI=1S/C18H25N3O4S/c1-25-17(23)14(6-7-26-2)19-18(24)20-9-12-8-13(11-20)15-4-3-5-16(22)21(15)10-12/h3-5,12-14H,6-11H2,1-2H3,(H,19,24). The van der Waals surface area contributed by atoms with E-state index in [2.05, 4.69) is 5.32 Å². The number of amides is 2. The molecule has 0 radical (unpaired) electrons. The number of nitrogens with zero attached hydrogens (tertiary/aromatic N) is 2. The summed E-state index contributed by atoms with van der Waals surface area (Å²) in [4.78, 5) is 38.5. The van der Waals surface area contributed by atoms with E-state index < -0.39 is 12.0 Å². The molecule has 3 heterocycles. The van der Waals surface area contributed by atoms with Gasteiger partial charge in [-0.2, -0.15) is 11.8 Å². The van der Waals surface area contributed by atoms with Crippen molar-refractivity contribution in [2.24, 2.45) is 5.92 Å². The Labute approximate surface area is 157 Å². The maximum atomic E-state index is 12.7. The van der Waals surface area contributed by atoms with E-state index in [1.54, 1.807) is 28.8 Å². The number of ether oxygens (including phenoxy) is 1. The van der Waals surface area contributed by atoms with Crippen LogP contribution < -0.4 is 10.9 Å². The van der Waals surface area contributed by atoms with E-state index >= 15 is 0 Å². The van der Waals surface area contributed by atoms with E-state index in [-0.39, 0.29) is 23.4 Å². The molecule has 0 aliphatic carbocycles. The van der Waals surface area contributed by atoms with Crippen LogP contribution in [0, 0.1) is 5.92 Å². The lowest BCUT2D eigenvalue weighted by Gasteiger charge is -2.42. The predicted molar refractivity (Wildman–Crippen MR) is 100 cm³/mol. The number of methoxy groups -OCH3 is 1. The number of carbonyl (C=O) groups is 2. The van der Waals surface area contributed by atoms with Crippen molar-refractivity contribution in [3.63, 3.8) is 0 Å². The molecule has 26 heavy (non-hydrogen) atoms. The highest BCUT2D eigenvalue weighted by molar-refractivity contribution is 7.98. The molecule has 0 aromatic carbocycles. The van der Waals surface area contributed by atoms with Crippen LogP contribution in [0.3, 0.4) is 0 Å². The fourth-order valence-electron chi connectivity index (χ4n) is 3.93. The minimum Gasteiger partial charge on any atom is -0.467 e. The second-order valence-electron chi connectivity index (χ2n) is 6.91. The number of esters is 1. The number of nitrogens with one attached hydrogen (secondary N) is 1. The number of aromatic nitrogens is 1. The largest absolute Gasteiger partial charge is 0.467 e. The van der Waals surface area contributed by atoms with Crippen LogP contribution in [-0.2, 0) is 16.1 Å². The van der Waals surface area contributed by atoms with Crippen LogP contribution >= 0.6 is 11.8 Å². The minimum atomic E-state index is -0.628. The van der Waals surface area contributed by atoms with Crippen LogP contribution in [0.2, 0.25) is 0 Å². The maximum Gasteiger partial charge on any atom is 0.328 e. The lowest BCUT2D eigenvalue weighted by molar-refractivity contribution is -0.142. The molecule has 2 bridgehead atoms. The van der Waals surface area contributed by atoms with Gasteiger partial charge in [0.25, 0.3) is 5.56 Å². The van der Waals surface area contributed by atoms with Gasteiger partial charge in [-0.1, -0.05) is 6.07 Å². The van der Waals surface area contributed by atoms with Gasteiger partial charge in [-0.3, -0.25) is 4.79 Å². The Balaban J connectivity index is 1.70. The van der Waals surface area contributed by atoms with Gasteiger partial charge in [0.2, 0.25) is 0 Å². The number of urea groups is 1. The van der Waals surface area contributed by atoms with Gasteiger partial charge in [-0.05, 0) is 36.8 Å². The van der Waals surface area contributed by atoms with Crippen molar-refractivity contribution in [1.82, 2.24) is 14.8 Å². The number of fused-ring (bicyclic) bond motifs is 4. The number of hydrogen-bond donors (Lipinski definition) is 1. The summed E-state index contributed by atoms with van der Waals surface area (Å²) in [6, 6.07) is 4.48. The van der Waals surface area contributed by atoms with E-state index in [4.69, 9.17) is 4.74 Å². The Morgan fingerprint density at radius 1 is 1.35 bits per heavy atom. The van der Waals surface area contributed by atoms with Gasteiger partial charge in [0, 0.05) is 37.3 Å². The molecule has 8 heteroatoms. The molecule has 142 valence electrons. The third-order valence-corrected chi connectivity index (χ3v) is 5.80. The molecule has 3 atom stereocenters. The normalized spacial score (nSPS) is 22.3. The van der Waals surface area contributed by atoms with Crippen molar-refractivity contribution in [3.05, 3.63) is 34.2 Å². The number of likely N-dealkylation sites (tertiary alicyclic amines) is 1. The molecule has 2 aliphatic rings. The Kier molecular flexibility index (Phi) is 5.90. The zero-order valence-electron chi connectivity index (χ0n) is 15.1. The fourth-order valence-corrected chi connectivity index (χ4v) is 4.40. The van der Waals surface area contributed by atoms with Gasteiger partial charge in [0.05, 0.1) is 7.11 Å². The summed E-state index contributed by atoms with van der Waals surface area (Å²) in [5, 5.41) is 2.83. The summed E-state index contributed by atoms with van der Waals surface area (Å²) in [5.74, 6) is 0.767. The highest BCUT2D eigenvalue weighted by Gasteiger charge is 2.37. The maximum absolute atomic E-state index is 12.7. The van der Waals surface area contributed by atoms with Crippen molar-refractivity contribution in [1.29, 1.82) is 0 Å². The summed E-state index contributed by atoms with van der Waals surface area (Å²) < 4.78 is 6.65. The molecule has 1 fully saturated rings. The van der Waals surface area contributed by atoms with Crippen molar-refractivity contribution >= 4 is 23.8 Å². The van der Waals surface area contributed by atoms with Gasteiger partial charge in [0.1, 0.15) is 6.04 Å². The molecule has 2 amide bonds. The van der Waals surface area contributed by atoms with Gasteiger partial charge >= 0.3 is 12.0 Å². The van der Waals surface area contributed by atoms with E-state index in [0.717, 1.165) is 17.9 Å². The lowest BCUT2D eigenvalue weighted by Crippen LogP contribution is -2.54. The van der Waals surface area contributed by atoms with Crippen LogP contribution in [-0.4, -0.2) is 59.7 Å². The molecule has 0 spiro atoms. The fraction of sp³-hybridized carbons (Fsp3) is 0.611. The molecule has 1 N–H and O–H groups in total. The first kappa shape index (κ1) is 18.8. The second kappa shape index (κ2) is 8.16. The predicted octanol–water partition coefficient (Wildman–Crippen LogP) is 1.27. The van der Waals surface area contributed by atoms with E-state index in [9.17, 15) is 14.4 Å². The zero-order chi connectivity index (χ0) is 18.7. The molecule has 1 aromatic rings. The smallest absolute Gasteiger partial charge is 0.328 e. The highest BCUT2D eigenvalue weighted by atomic mass is 32.2. The van der Waals surface area contributed by atoms with Gasteiger partial charge in [0.15, 0.2) is 0 Å². The number of carbonyl (C=O) groups excluding carboxylic acids is 2. The number of piperidine rings is 1. The second-order valence-corrected chi connectivity index (χ2v) is 7.90. The molecule has 2 aliphatic heterocycles. The first-order chi connectivity index (χ1) is 12.5. The van der Waals surface area contributed by atoms with E-state index in [1.807, 2.05) is 16.9 Å². The summed E-state index contributed by atoms with van der Waals surface area (Å²) in [7, 11) is 1.33.